The fourth-order valence-electron chi connectivity index (χ4n) is 2.19. The first-order valence-electron chi connectivity index (χ1n) is 7.04. The third-order valence-electron chi connectivity index (χ3n) is 3.37. The van der Waals surface area contributed by atoms with Crippen molar-refractivity contribution < 1.29 is 14.5 Å². The van der Waals surface area contributed by atoms with Gasteiger partial charge in [0.2, 0.25) is 0 Å². The molecular weight excluding hydrogens is 282 g/mol. The van der Waals surface area contributed by atoms with E-state index < -0.39 is 4.92 Å². The number of carbonyl (C=O) groups is 1. The van der Waals surface area contributed by atoms with Crippen molar-refractivity contribution in [3.63, 3.8) is 0 Å². The van der Waals surface area contributed by atoms with Crippen LogP contribution in [-0.2, 0) is 0 Å². The molecule has 0 heterocycles. The fraction of sp³-hybridized carbons (Fsp3) is 0.235. The molecule has 22 heavy (non-hydrogen) atoms. The van der Waals surface area contributed by atoms with E-state index >= 15 is 0 Å². The molecule has 0 amide bonds. The van der Waals surface area contributed by atoms with Crippen LogP contribution in [-0.4, -0.2) is 10.7 Å². The number of benzene rings is 2. The predicted octanol–water partition coefficient (Wildman–Crippen LogP) is 4.33. The predicted molar refractivity (Wildman–Crippen MR) is 83.2 cm³/mol. The van der Waals surface area contributed by atoms with E-state index in [0.29, 0.717) is 12.0 Å². The second kappa shape index (κ2) is 6.85. The van der Waals surface area contributed by atoms with Crippen LogP contribution in [0.4, 0.5) is 5.69 Å². The lowest BCUT2D eigenvalue weighted by Gasteiger charge is -2.18. The molecule has 0 aromatic heterocycles. The maximum atomic E-state index is 11.4. The molecule has 0 N–H and O–H groups in total. The molecule has 0 aliphatic rings. The second-order valence-electron chi connectivity index (χ2n) is 4.92. The summed E-state index contributed by atoms with van der Waals surface area (Å²) in [5.41, 5.74) is 1.06. The summed E-state index contributed by atoms with van der Waals surface area (Å²) in [4.78, 5) is 22.1. The van der Waals surface area contributed by atoms with Gasteiger partial charge in [-0.05, 0) is 31.0 Å². The summed E-state index contributed by atoms with van der Waals surface area (Å²) in [7, 11) is 0. The molecule has 2 aromatic rings. The molecule has 0 saturated carbocycles. The number of nitro groups is 1. The van der Waals surface area contributed by atoms with Crippen molar-refractivity contribution in [2.75, 3.05) is 0 Å². The Kier molecular flexibility index (Phi) is 4.88. The molecule has 1 atom stereocenters. The summed E-state index contributed by atoms with van der Waals surface area (Å²) in [5.74, 6) is -0.0459. The van der Waals surface area contributed by atoms with E-state index in [0.717, 1.165) is 5.56 Å². The topological polar surface area (TPSA) is 69.4 Å². The minimum absolute atomic E-state index is 0.172. The van der Waals surface area contributed by atoms with Crippen LogP contribution in [0.25, 0.3) is 0 Å². The Balaban J connectivity index is 2.35. The van der Waals surface area contributed by atoms with E-state index in [4.69, 9.17) is 4.74 Å². The lowest BCUT2D eigenvalue weighted by Crippen LogP contribution is -2.08. The highest BCUT2D eigenvalue weighted by molar-refractivity contribution is 5.95. The van der Waals surface area contributed by atoms with Gasteiger partial charge in [0, 0.05) is 11.6 Å². The first-order chi connectivity index (χ1) is 10.5. The average Bonchev–Trinajstić information content (AvgIpc) is 2.53. The van der Waals surface area contributed by atoms with Crippen molar-refractivity contribution in [3.8, 4) is 5.75 Å². The van der Waals surface area contributed by atoms with Crippen molar-refractivity contribution >= 4 is 11.5 Å². The smallest absolute Gasteiger partial charge is 0.311 e. The van der Waals surface area contributed by atoms with E-state index in [2.05, 4.69) is 0 Å². The molecule has 0 fully saturated rings. The number of hydrogen-bond donors (Lipinski definition) is 0. The maximum Gasteiger partial charge on any atom is 0.311 e. The van der Waals surface area contributed by atoms with Crippen LogP contribution < -0.4 is 4.74 Å². The first kappa shape index (κ1) is 15.7. The molecule has 0 aliphatic heterocycles. The number of nitrogens with zero attached hydrogens (tertiary/aromatic N) is 1. The lowest BCUT2D eigenvalue weighted by atomic mass is 10.1. The highest BCUT2D eigenvalue weighted by Gasteiger charge is 2.21. The van der Waals surface area contributed by atoms with Gasteiger partial charge < -0.3 is 4.74 Å². The summed E-state index contributed by atoms with van der Waals surface area (Å²) in [5, 5.41) is 11.2. The van der Waals surface area contributed by atoms with E-state index in [9.17, 15) is 14.9 Å². The summed E-state index contributed by atoms with van der Waals surface area (Å²) in [6.07, 6.45) is 0.401. The number of ketones is 1. The molecule has 0 spiro atoms. The van der Waals surface area contributed by atoms with Crippen LogP contribution in [0.1, 0.15) is 42.3 Å². The van der Waals surface area contributed by atoms with Crippen molar-refractivity contribution in [2.24, 2.45) is 0 Å². The van der Waals surface area contributed by atoms with E-state index in [1.54, 1.807) is 6.07 Å². The Morgan fingerprint density at radius 2 is 1.91 bits per heavy atom. The van der Waals surface area contributed by atoms with Gasteiger partial charge in [0.25, 0.3) is 0 Å². The standard InChI is InChI=1S/C17H17NO4/c1-3-16(13-7-5-4-6-8-13)22-17-10-9-14(12(2)19)11-15(17)18(20)21/h4-11,16H,3H2,1-2H3. The quantitative estimate of drug-likeness (QED) is 0.452. The summed E-state index contributed by atoms with van der Waals surface area (Å²) >= 11 is 0. The summed E-state index contributed by atoms with van der Waals surface area (Å²) in [6, 6.07) is 13.8. The fourth-order valence-corrected chi connectivity index (χ4v) is 2.19. The largest absolute Gasteiger partial charge is 0.479 e. The number of carbonyl (C=O) groups excluding carboxylic acids is 1. The Bertz CT molecular complexity index is 682. The zero-order valence-corrected chi connectivity index (χ0v) is 12.5. The highest BCUT2D eigenvalue weighted by Crippen LogP contribution is 2.33. The third kappa shape index (κ3) is 3.49. The van der Waals surface area contributed by atoms with Gasteiger partial charge in [-0.1, -0.05) is 37.3 Å². The van der Waals surface area contributed by atoms with Gasteiger partial charge in [0.05, 0.1) is 4.92 Å². The minimum Gasteiger partial charge on any atom is -0.479 e. The van der Waals surface area contributed by atoms with Crippen molar-refractivity contribution in [1.29, 1.82) is 0 Å². The normalized spacial score (nSPS) is 11.7. The van der Waals surface area contributed by atoms with Crippen LogP contribution in [0, 0.1) is 10.1 Å². The van der Waals surface area contributed by atoms with Crippen LogP contribution in [0.5, 0.6) is 5.75 Å². The van der Waals surface area contributed by atoms with E-state index in [1.165, 1.54) is 19.1 Å². The molecular formula is C17H17NO4. The van der Waals surface area contributed by atoms with Gasteiger partial charge >= 0.3 is 5.69 Å². The Morgan fingerprint density at radius 1 is 1.23 bits per heavy atom. The van der Waals surface area contributed by atoms with E-state index in [1.807, 2.05) is 37.3 Å². The number of ether oxygens (including phenoxy) is 1. The zero-order valence-electron chi connectivity index (χ0n) is 12.5. The van der Waals surface area contributed by atoms with Crippen LogP contribution >= 0.6 is 0 Å². The van der Waals surface area contributed by atoms with Crippen molar-refractivity contribution in [1.82, 2.24) is 0 Å². The molecule has 5 nitrogen and oxygen atoms in total. The number of rotatable bonds is 6. The van der Waals surface area contributed by atoms with Gasteiger partial charge in [-0.25, -0.2) is 0 Å². The Labute approximate surface area is 128 Å². The lowest BCUT2D eigenvalue weighted by molar-refractivity contribution is -0.386. The first-order valence-corrected chi connectivity index (χ1v) is 7.04. The van der Waals surface area contributed by atoms with E-state index in [-0.39, 0.29) is 23.3 Å². The van der Waals surface area contributed by atoms with Crippen LogP contribution in [0.15, 0.2) is 48.5 Å². The summed E-state index contributed by atoms with van der Waals surface area (Å²) < 4.78 is 5.82. The molecule has 2 aromatic carbocycles. The molecule has 0 saturated heterocycles. The van der Waals surface area contributed by atoms with Gasteiger partial charge in [-0.15, -0.1) is 0 Å². The highest BCUT2D eigenvalue weighted by atomic mass is 16.6. The number of Topliss-reactive ketones (excluding diaryl/α,β-unsaturated/α-hetero) is 1. The molecule has 0 bridgehead atoms. The van der Waals surface area contributed by atoms with Crippen LogP contribution in [0.2, 0.25) is 0 Å². The van der Waals surface area contributed by atoms with Gasteiger partial charge in [-0.3, -0.25) is 14.9 Å². The molecule has 2 rings (SSSR count). The molecule has 114 valence electrons. The number of hydrogen-bond acceptors (Lipinski definition) is 4. The average molecular weight is 299 g/mol. The van der Waals surface area contributed by atoms with Gasteiger partial charge in [-0.2, -0.15) is 0 Å². The van der Waals surface area contributed by atoms with Crippen molar-refractivity contribution in [3.05, 3.63) is 69.8 Å². The Morgan fingerprint density at radius 3 is 2.45 bits per heavy atom. The van der Waals surface area contributed by atoms with Gasteiger partial charge in [0.1, 0.15) is 6.10 Å². The second-order valence-corrected chi connectivity index (χ2v) is 4.92. The minimum atomic E-state index is -0.528. The maximum absolute atomic E-state index is 11.4. The van der Waals surface area contributed by atoms with Crippen LogP contribution in [0.3, 0.4) is 0 Å². The van der Waals surface area contributed by atoms with Gasteiger partial charge in [0.15, 0.2) is 11.5 Å². The Hall–Kier alpha value is -2.69. The third-order valence-corrected chi connectivity index (χ3v) is 3.37. The molecule has 0 radical (unpaired) electrons. The zero-order chi connectivity index (χ0) is 16.1. The summed E-state index contributed by atoms with van der Waals surface area (Å²) in [6.45, 7) is 3.33. The monoisotopic (exact) mass is 299 g/mol. The van der Waals surface area contributed by atoms with Crippen molar-refractivity contribution in [2.45, 2.75) is 26.4 Å². The molecule has 0 aliphatic carbocycles. The SMILES string of the molecule is CCC(Oc1ccc(C(C)=O)cc1[N+](=O)[O-])c1ccccc1. The number of nitro benzene ring substituents is 1. The molecule has 1 unspecified atom stereocenters. The molecule has 5 heteroatoms.